The van der Waals surface area contributed by atoms with E-state index in [1.54, 1.807) is 17.3 Å². The van der Waals surface area contributed by atoms with Crippen LogP contribution in [-0.2, 0) is 0 Å². The predicted octanol–water partition coefficient (Wildman–Crippen LogP) is 2.89. The first kappa shape index (κ1) is 17.5. The zero-order valence-electron chi connectivity index (χ0n) is 15.5. The van der Waals surface area contributed by atoms with Crippen LogP contribution in [-0.4, -0.2) is 62.3 Å². The number of anilines is 2. The Labute approximate surface area is 165 Å². The Hall–Kier alpha value is -3.59. The smallest absolute Gasteiger partial charge is 0.273 e. The summed E-state index contributed by atoms with van der Waals surface area (Å²) in [5.41, 5.74) is 1.88. The van der Waals surface area contributed by atoms with Gasteiger partial charge in [0.05, 0.1) is 5.39 Å². The Morgan fingerprint density at radius 2 is 1.90 bits per heavy atom. The van der Waals surface area contributed by atoms with Crippen molar-refractivity contribution in [3.8, 4) is 0 Å². The number of aromatic nitrogens is 4. The second kappa shape index (κ2) is 7.10. The number of fused-ring (bicyclic) bond motifs is 2. The van der Waals surface area contributed by atoms with Crippen LogP contribution in [0.15, 0.2) is 48.8 Å². The van der Waals surface area contributed by atoms with Crippen molar-refractivity contribution in [3.63, 3.8) is 0 Å². The third kappa shape index (κ3) is 3.25. The van der Waals surface area contributed by atoms with E-state index in [0.29, 0.717) is 24.4 Å². The Kier molecular flexibility index (Phi) is 4.28. The topological polar surface area (TPSA) is 90.0 Å². The first-order chi connectivity index (χ1) is 14.2. The van der Waals surface area contributed by atoms with E-state index in [9.17, 15) is 9.28 Å². The normalized spacial score (nSPS) is 15.1. The van der Waals surface area contributed by atoms with Gasteiger partial charge < -0.3 is 10.2 Å². The molecule has 0 unspecified atom stereocenters. The molecule has 0 atom stereocenters. The fourth-order valence-electron chi connectivity index (χ4n) is 3.55. The van der Waals surface area contributed by atoms with Gasteiger partial charge in [0.15, 0.2) is 5.65 Å². The van der Waals surface area contributed by atoms with Crippen LogP contribution in [0.2, 0.25) is 0 Å². The van der Waals surface area contributed by atoms with Crippen molar-refractivity contribution in [2.24, 2.45) is 0 Å². The minimum Gasteiger partial charge on any atom is -0.340 e. The lowest BCUT2D eigenvalue weighted by molar-refractivity contribution is -0.0170. The zero-order chi connectivity index (χ0) is 19.8. The number of carbonyl (C=O) groups is 1. The molecule has 0 bridgehead atoms. The van der Waals surface area contributed by atoms with Crippen molar-refractivity contribution in [2.45, 2.75) is 0 Å². The molecule has 1 amide bonds. The maximum atomic E-state index is 13.2. The summed E-state index contributed by atoms with van der Waals surface area (Å²) in [6, 6.07) is 11.4. The highest BCUT2D eigenvalue weighted by molar-refractivity contribution is 6.06. The molecule has 0 radical (unpaired) electrons. The maximum absolute atomic E-state index is 13.2. The van der Waals surface area contributed by atoms with Gasteiger partial charge in [-0.1, -0.05) is 0 Å². The molecule has 4 aromatic rings. The molecule has 146 valence electrons. The lowest BCUT2D eigenvalue weighted by Crippen LogP contribution is -2.46. The van der Waals surface area contributed by atoms with Crippen LogP contribution < -0.4 is 5.32 Å². The molecule has 3 aromatic heterocycles. The number of aromatic amines is 1. The lowest BCUT2D eigenvalue weighted by Gasteiger charge is -2.29. The molecule has 29 heavy (non-hydrogen) atoms. The highest BCUT2D eigenvalue weighted by Gasteiger charge is 2.24. The molecular formula is C20H18FN7O. The van der Waals surface area contributed by atoms with E-state index in [1.165, 1.54) is 0 Å². The minimum absolute atomic E-state index is 0.171. The third-order valence-electron chi connectivity index (χ3n) is 5.08. The van der Waals surface area contributed by atoms with Gasteiger partial charge in [-0.25, -0.2) is 4.98 Å². The summed E-state index contributed by atoms with van der Waals surface area (Å²) in [6.45, 7) is 1.15. The third-order valence-corrected chi connectivity index (χ3v) is 5.08. The number of nitrogens with one attached hydrogen (secondary N) is 2. The van der Waals surface area contributed by atoms with E-state index < -0.39 is 0 Å². The van der Waals surface area contributed by atoms with Crippen molar-refractivity contribution in [1.82, 2.24) is 30.2 Å². The SMILES string of the molecule is O=C(c1nccc2cc(Nc3[nH]nc4ncccc34)ccc12)N1CCN(F)CC1. The number of hydrogen-bond donors (Lipinski definition) is 2. The molecule has 0 saturated carbocycles. The summed E-state index contributed by atoms with van der Waals surface area (Å²) in [6.07, 6.45) is 3.32. The molecule has 1 aliphatic heterocycles. The van der Waals surface area contributed by atoms with Crippen molar-refractivity contribution < 1.29 is 9.28 Å². The van der Waals surface area contributed by atoms with E-state index in [0.717, 1.165) is 32.8 Å². The molecule has 1 saturated heterocycles. The van der Waals surface area contributed by atoms with Crippen LogP contribution >= 0.6 is 0 Å². The molecule has 8 nitrogen and oxygen atoms in total. The van der Waals surface area contributed by atoms with Crippen LogP contribution in [0, 0.1) is 0 Å². The second-order valence-electron chi connectivity index (χ2n) is 6.90. The molecule has 2 N–H and O–H groups in total. The Morgan fingerprint density at radius 1 is 1.03 bits per heavy atom. The monoisotopic (exact) mass is 391 g/mol. The highest BCUT2D eigenvalue weighted by atomic mass is 19.2. The second-order valence-corrected chi connectivity index (χ2v) is 6.90. The Bertz CT molecular complexity index is 1200. The quantitative estimate of drug-likeness (QED) is 0.522. The standard InChI is InChI=1S/C20H18FN7O/c21-28-10-8-27(9-11-28)20(29)17-15-4-3-14(12-13(15)5-7-22-17)24-19-16-2-1-6-23-18(16)25-26-19/h1-7,12H,8-11H2,(H2,23,24,25,26). The van der Waals surface area contributed by atoms with Gasteiger partial charge in [-0.2, -0.15) is 5.10 Å². The molecule has 5 rings (SSSR count). The number of carbonyl (C=O) groups excluding carboxylic acids is 1. The average Bonchev–Trinajstić information content (AvgIpc) is 3.16. The van der Waals surface area contributed by atoms with Crippen LogP contribution in [0.3, 0.4) is 0 Å². The van der Waals surface area contributed by atoms with Crippen molar-refractivity contribution in [3.05, 3.63) is 54.5 Å². The predicted molar refractivity (Wildman–Crippen MR) is 107 cm³/mol. The molecule has 0 spiro atoms. The summed E-state index contributed by atoms with van der Waals surface area (Å²) < 4.78 is 13.2. The van der Waals surface area contributed by atoms with Gasteiger partial charge in [0.25, 0.3) is 5.91 Å². The molecular weight excluding hydrogens is 373 g/mol. The fraction of sp³-hybridized carbons (Fsp3) is 0.200. The molecule has 1 aromatic carbocycles. The van der Waals surface area contributed by atoms with E-state index >= 15 is 0 Å². The first-order valence-electron chi connectivity index (χ1n) is 9.34. The number of amides is 1. The number of pyridine rings is 2. The first-order valence-corrected chi connectivity index (χ1v) is 9.34. The molecule has 1 fully saturated rings. The summed E-state index contributed by atoms with van der Waals surface area (Å²) in [5.74, 6) is 0.581. The molecule has 0 aliphatic carbocycles. The van der Waals surface area contributed by atoms with E-state index in [-0.39, 0.29) is 19.0 Å². The van der Waals surface area contributed by atoms with Gasteiger partial charge >= 0.3 is 0 Å². The summed E-state index contributed by atoms with van der Waals surface area (Å²) in [7, 11) is 0. The van der Waals surface area contributed by atoms with Gasteiger partial charge in [-0.05, 0) is 41.8 Å². The van der Waals surface area contributed by atoms with Crippen molar-refractivity contribution in [1.29, 1.82) is 0 Å². The van der Waals surface area contributed by atoms with Gasteiger partial charge in [-0.3, -0.25) is 14.9 Å². The lowest BCUT2D eigenvalue weighted by atomic mass is 10.1. The highest BCUT2D eigenvalue weighted by Crippen LogP contribution is 2.27. The number of hydrogen-bond acceptors (Lipinski definition) is 6. The van der Waals surface area contributed by atoms with E-state index in [1.807, 2.05) is 36.4 Å². The number of benzene rings is 1. The number of H-pyrrole nitrogens is 1. The van der Waals surface area contributed by atoms with Gasteiger partial charge in [0.2, 0.25) is 0 Å². The maximum Gasteiger partial charge on any atom is 0.273 e. The van der Waals surface area contributed by atoms with E-state index in [4.69, 9.17) is 0 Å². The molecule has 1 aliphatic rings. The van der Waals surface area contributed by atoms with Crippen LogP contribution in [0.1, 0.15) is 10.5 Å². The van der Waals surface area contributed by atoms with Crippen LogP contribution in [0.25, 0.3) is 21.8 Å². The van der Waals surface area contributed by atoms with Crippen LogP contribution in [0.4, 0.5) is 16.0 Å². The average molecular weight is 391 g/mol. The largest absolute Gasteiger partial charge is 0.340 e. The minimum atomic E-state index is -0.171. The molecule has 4 heterocycles. The van der Waals surface area contributed by atoms with Crippen molar-refractivity contribution >= 4 is 39.2 Å². The van der Waals surface area contributed by atoms with Crippen LogP contribution in [0.5, 0.6) is 0 Å². The van der Waals surface area contributed by atoms with E-state index in [2.05, 4.69) is 25.5 Å². The number of rotatable bonds is 3. The number of piperazine rings is 1. The Balaban J connectivity index is 1.45. The van der Waals surface area contributed by atoms with Gasteiger partial charge in [0.1, 0.15) is 11.5 Å². The van der Waals surface area contributed by atoms with Gasteiger partial charge in [-0.15, -0.1) is 9.60 Å². The zero-order valence-corrected chi connectivity index (χ0v) is 15.5. The summed E-state index contributed by atoms with van der Waals surface area (Å²) in [4.78, 5) is 23.1. The number of nitrogens with zero attached hydrogens (tertiary/aromatic N) is 5. The number of halogens is 1. The summed E-state index contributed by atoms with van der Waals surface area (Å²) >= 11 is 0. The van der Waals surface area contributed by atoms with Gasteiger partial charge in [0, 0.05) is 49.6 Å². The van der Waals surface area contributed by atoms with Crippen molar-refractivity contribution in [2.75, 3.05) is 31.5 Å². The Morgan fingerprint density at radius 3 is 2.76 bits per heavy atom. The molecule has 9 heteroatoms. The summed E-state index contributed by atoms with van der Waals surface area (Å²) in [5, 5.41) is 13.7. The fourth-order valence-corrected chi connectivity index (χ4v) is 3.55.